The van der Waals surface area contributed by atoms with E-state index >= 15 is 0 Å². The fourth-order valence-electron chi connectivity index (χ4n) is 3.28. The Morgan fingerprint density at radius 3 is 2.48 bits per heavy atom. The van der Waals surface area contributed by atoms with Gasteiger partial charge in [-0.1, -0.05) is 37.7 Å². The summed E-state index contributed by atoms with van der Waals surface area (Å²) in [4.78, 5) is 2.37. The molecule has 3 heterocycles. The summed E-state index contributed by atoms with van der Waals surface area (Å²) in [5.41, 5.74) is 2.59. The van der Waals surface area contributed by atoms with Crippen molar-refractivity contribution >= 4 is 29.2 Å². The molecule has 0 N–H and O–H groups in total. The maximum absolute atomic E-state index is 4.39. The number of fused-ring (bicyclic) bond motifs is 3. The van der Waals surface area contributed by atoms with Crippen LogP contribution in [0.3, 0.4) is 0 Å². The van der Waals surface area contributed by atoms with Crippen LogP contribution in [0, 0.1) is 0 Å². The largest absolute Gasteiger partial charge is 0.372 e. The average molecular weight is 374 g/mol. The van der Waals surface area contributed by atoms with E-state index in [9.17, 15) is 0 Å². The molecular formula is C18H23N5S2. The lowest BCUT2D eigenvalue weighted by atomic mass is 10.2. The highest BCUT2D eigenvalue weighted by Crippen LogP contribution is 2.51. The van der Waals surface area contributed by atoms with Gasteiger partial charge in [-0.25, -0.2) is 4.68 Å². The smallest absolute Gasteiger partial charge is 0.216 e. The van der Waals surface area contributed by atoms with E-state index < -0.39 is 0 Å². The SMILES string of the molecule is CCN(CC)c1ccc(C2SC=C3Sc4nnc(C(C)C)n4N32)cc1. The highest BCUT2D eigenvalue weighted by Gasteiger charge is 2.39. The topological polar surface area (TPSA) is 37.2 Å². The Morgan fingerprint density at radius 2 is 1.84 bits per heavy atom. The zero-order valence-electron chi connectivity index (χ0n) is 15.0. The molecular weight excluding hydrogens is 350 g/mol. The van der Waals surface area contributed by atoms with Crippen molar-refractivity contribution < 1.29 is 0 Å². The molecule has 132 valence electrons. The summed E-state index contributed by atoms with van der Waals surface area (Å²) in [5, 5.41) is 15.8. The van der Waals surface area contributed by atoms with Crippen LogP contribution >= 0.6 is 23.5 Å². The van der Waals surface area contributed by atoms with Gasteiger partial charge in [-0.2, -0.15) is 0 Å². The van der Waals surface area contributed by atoms with Gasteiger partial charge in [0.25, 0.3) is 0 Å². The van der Waals surface area contributed by atoms with Crippen molar-refractivity contribution in [1.82, 2.24) is 14.9 Å². The number of hydrogen-bond donors (Lipinski definition) is 0. The fourth-order valence-corrected chi connectivity index (χ4v) is 5.51. The second kappa shape index (κ2) is 6.61. The molecule has 25 heavy (non-hydrogen) atoms. The zero-order valence-corrected chi connectivity index (χ0v) is 16.6. The van der Waals surface area contributed by atoms with E-state index in [-0.39, 0.29) is 5.37 Å². The number of rotatable bonds is 5. The monoisotopic (exact) mass is 373 g/mol. The van der Waals surface area contributed by atoms with Gasteiger partial charge in [0, 0.05) is 30.1 Å². The molecule has 0 bridgehead atoms. The third kappa shape index (κ3) is 2.73. The Labute approximate surface area is 157 Å². The van der Waals surface area contributed by atoms with Crippen molar-refractivity contribution in [3.8, 4) is 0 Å². The zero-order chi connectivity index (χ0) is 17.6. The van der Waals surface area contributed by atoms with Crippen molar-refractivity contribution in [2.24, 2.45) is 0 Å². The van der Waals surface area contributed by atoms with E-state index in [1.165, 1.54) is 16.3 Å². The van der Waals surface area contributed by atoms with E-state index in [1.807, 2.05) is 11.8 Å². The first kappa shape index (κ1) is 16.8. The molecule has 0 aliphatic carbocycles. The summed E-state index contributed by atoms with van der Waals surface area (Å²) >= 11 is 3.56. The van der Waals surface area contributed by atoms with Gasteiger partial charge in [0.05, 0.1) is 0 Å². The number of anilines is 1. The van der Waals surface area contributed by atoms with E-state index in [0.29, 0.717) is 5.92 Å². The molecule has 1 aromatic carbocycles. The van der Waals surface area contributed by atoms with Gasteiger partial charge in [0.15, 0.2) is 5.82 Å². The van der Waals surface area contributed by atoms with Crippen molar-refractivity contribution in [3.05, 3.63) is 46.1 Å². The summed E-state index contributed by atoms with van der Waals surface area (Å²) in [6.45, 7) is 10.8. The van der Waals surface area contributed by atoms with Crippen molar-refractivity contribution in [3.63, 3.8) is 0 Å². The lowest BCUT2D eigenvalue weighted by molar-refractivity contribution is 0.582. The van der Waals surface area contributed by atoms with Crippen molar-refractivity contribution in [2.45, 2.75) is 44.1 Å². The van der Waals surface area contributed by atoms with Crippen LogP contribution in [0.15, 0.2) is 39.9 Å². The van der Waals surface area contributed by atoms with Crippen LogP contribution in [0.2, 0.25) is 0 Å². The van der Waals surface area contributed by atoms with E-state index in [1.54, 1.807) is 11.8 Å². The molecule has 1 aromatic heterocycles. The van der Waals surface area contributed by atoms with Crippen LogP contribution in [0.5, 0.6) is 0 Å². The molecule has 0 amide bonds. The standard InChI is InChI=1S/C18H23N5S2/c1-5-21(6-2)14-9-7-13(8-10-14)17-22-15(11-24-17)25-18-20-19-16(12(3)4)23(18)22/h7-12,17H,5-6H2,1-4H3. The Kier molecular flexibility index (Phi) is 4.45. The highest BCUT2D eigenvalue weighted by atomic mass is 32.2. The number of thioether (sulfide) groups is 2. The molecule has 1 unspecified atom stereocenters. The summed E-state index contributed by atoms with van der Waals surface area (Å²) in [6.07, 6.45) is 0. The van der Waals surface area contributed by atoms with Crippen LogP contribution in [0.25, 0.3) is 0 Å². The molecule has 1 atom stereocenters. The van der Waals surface area contributed by atoms with Crippen molar-refractivity contribution in [2.75, 3.05) is 23.0 Å². The summed E-state index contributed by atoms with van der Waals surface area (Å²) in [6, 6.07) is 8.98. The predicted molar refractivity (Wildman–Crippen MR) is 107 cm³/mol. The Balaban J connectivity index is 1.65. The number of benzene rings is 1. The molecule has 0 spiro atoms. The predicted octanol–water partition coefficient (Wildman–Crippen LogP) is 4.54. The quantitative estimate of drug-likeness (QED) is 0.766. The second-order valence-electron chi connectivity index (χ2n) is 6.46. The van der Waals surface area contributed by atoms with Gasteiger partial charge >= 0.3 is 0 Å². The Morgan fingerprint density at radius 1 is 1.12 bits per heavy atom. The third-order valence-electron chi connectivity index (χ3n) is 4.62. The minimum absolute atomic E-state index is 0.239. The summed E-state index contributed by atoms with van der Waals surface area (Å²) in [7, 11) is 0. The van der Waals surface area contributed by atoms with Gasteiger partial charge in [-0.05, 0) is 43.3 Å². The molecule has 7 heteroatoms. The van der Waals surface area contributed by atoms with E-state index in [2.05, 4.69) is 82.2 Å². The van der Waals surface area contributed by atoms with Crippen LogP contribution < -0.4 is 9.91 Å². The van der Waals surface area contributed by atoms with Crippen molar-refractivity contribution in [1.29, 1.82) is 0 Å². The normalized spacial score (nSPS) is 18.5. The molecule has 2 aromatic rings. The summed E-state index contributed by atoms with van der Waals surface area (Å²) < 4.78 is 2.20. The van der Waals surface area contributed by atoms with Crippen LogP contribution in [0.4, 0.5) is 5.69 Å². The minimum atomic E-state index is 0.239. The number of hydrogen-bond acceptors (Lipinski definition) is 6. The van der Waals surface area contributed by atoms with E-state index in [0.717, 1.165) is 24.1 Å². The molecule has 0 saturated carbocycles. The first-order chi connectivity index (χ1) is 12.1. The summed E-state index contributed by atoms with van der Waals surface area (Å²) in [5.74, 6) is 1.37. The van der Waals surface area contributed by atoms with E-state index in [4.69, 9.17) is 0 Å². The maximum Gasteiger partial charge on any atom is 0.216 e. The highest BCUT2D eigenvalue weighted by molar-refractivity contribution is 8.07. The minimum Gasteiger partial charge on any atom is -0.372 e. The Hall–Kier alpha value is -1.60. The Bertz CT molecular complexity index is 792. The third-order valence-corrected chi connectivity index (χ3v) is 6.81. The van der Waals surface area contributed by atoms with Crippen LogP contribution in [0.1, 0.15) is 50.4 Å². The fraction of sp³-hybridized carbons (Fsp3) is 0.444. The second-order valence-corrected chi connectivity index (χ2v) is 8.40. The number of nitrogens with zero attached hydrogens (tertiary/aromatic N) is 5. The lowest BCUT2D eigenvalue weighted by Gasteiger charge is -2.27. The van der Waals surface area contributed by atoms with Crippen LogP contribution in [-0.2, 0) is 0 Å². The average Bonchev–Trinajstić information content (AvgIpc) is 3.27. The van der Waals surface area contributed by atoms with Gasteiger partial charge in [0.2, 0.25) is 5.16 Å². The van der Waals surface area contributed by atoms with Crippen LogP contribution in [-0.4, -0.2) is 28.0 Å². The maximum atomic E-state index is 4.39. The molecule has 0 radical (unpaired) electrons. The molecule has 4 rings (SSSR count). The number of aromatic nitrogens is 3. The first-order valence-corrected chi connectivity index (χ1v) is 10.5. The molecule has 0 fully saturated rings. The lowest BCUT2D eigenvalue weighted by Crippen LogP contribution is -2.31. The van der Waals surface area contributed by atoms with Gasteiger partial charge in [0.1, 0.15) is 10.4 Å². The van der Waals surface area contributed by atoms with Gasteiger partial charge < -0.3 is 4.90 Å². The molecule has 2 aliphatic heterocycles. The first-order valence-electron chi connectivity index (χ1n) is 8.77. The van der Waals surface area contributed by atoms with Gasteiger partial charge in [-0.15, -0.1) is 10.2 Å². The molecule has 5 nitrogen and oxygen atoms in total. The molecule has 0 saturated heterocycles. The molecule has 2 aliphatic rings. The van der Waals surface area contributed by atoms with Gasteiger partial charge in [-0.3, -0.25) is 5.01 Å².